The Morgan fingerprint density at radius 3 is 2.67 bits per heavy atom. The lowest BCUT2D eigenvalue weighted by Gasteiger charge is -2.32. The minimum Gasteiger partial charge on any atom is -0.507 e. The first kappa shape index (κ1) is 30.5. The number of carbonyl (C=O) groups is 2. The number of β-amino-alcohol motifs (C(OH)–C–C–N with tert-alkyl or cyclic N) is 1. The molecule has 2 fully saturated rings. The van der Waals surface area contributed by atoms with Gasteiger partial charge in [0, 0.05) is 63.0 Å². The zero-order valence-electron chi connectivity index (χ0n) is 24.8. The summed E-state index contributed by atoms with van der Waals surface area (Å²) in [5, 5.41) is 26.9. The van der Waals surface area contributed by atoms with Crippen LogP contribution in [0.4, 0.5) is 5.82 Å². The lowest BCUT2D eigenvalue weighted by Crippen LogP contribution is -2.43. The maximum atomic E-state index is 12.8. The second kappa shape index (κ2) is 14.0. The number of likely N-dealkylation sites (tertiary alicyclic amines) is 1. The molecule has 2 amide bonds. The van der Waals surface area contributed by atoms with E-state index in [-0.39, 0.29) is 36.8 Å². The topological polar surface area (TPSA) is 140 Å². The Balaban J connectivity index is 1.04. The summed E-state index contributed by atoms with van der Waals surface area (Å²) < 4.78 is 5.69. The van der Waals surface area contributed by atoms with Gasteiger partial charge in [0.2, 0.25) is 5.91 Å². The number of carbonyl (C=O) groups excluding carboxylic acids is 2. The third-order valence-corrected chi connectivity index (χ3v) is 8.37. The number of allylic oxidation sites excluding steroid dienone is 1. The van der Waals surface area contributed by atoms with Crippen LogP contribution in [0, 0.1) is 5.92 Å². The van der Waals surface area contributed by atoms with E-state index in [0.717, 1.165) is 57.3 Å². The van der Waals surface area contributed by atoms with Gasteiger partial charge in [-0.15, -0.1) is 0 Å². The number of aliphatic imine (C=N–C) groups is 1. The number of fused-ring (bicyclic) bond motifs is 1. The van der Waals surface area contributed by atoms with E-state index in [4.69, 9.17) is 4.74 Å². The van der Waals surface area contributed by atoms with Crippen LogP contribution in [0.25, 0.3) is 0 Å². The molecule has 230 valence electrons. The van der Waals surface area contributed by atoms with Crippen molar-refractivity contribution >= 4 is 24.3 Å². The van der Waals surface area contributed by atoms with Crippen LogP contribution >= 0.6 is 0 Å². The van der Waals surface area contributed by atoms with Gasteiger partial charge in [0.1, 0.15) is 18.2 Å². The first-order chi connectivity index (χ1) is 20.8. The Hall–Kier alpha value is -3.96. The summed E-state index contributed by atoms with van der Waals surface area (Å²) in [7, 11) is 0. The first-order valence-corrected chi connectivity index (χ1v) is 15.1. The van der Waals surface area contributed by atoms with E-state index >= 15 is 0 Å². The van der Waals surface area contributed by atoms with Crippen molar-refractivity contribution in [1.82, 2.24) is 20.1 Å². The molecule has 11 heteroatoms. The van der Waals surface area contributed by atoms with Gasteiger partial charge in [0.05, 0.1) is 11.8 Å². The summed E-state index contributed by atoms with van der Waals surface area (Å²) in [4.78, 5) is 37.4. The van der Waals surface area contributed by atoms with E-state index in [1.807, 2.05) is 23.1 Å². The molecule has 1 aromatic heterocycles. The van der Waals surface area contributed by atoms with Gasteiger partial charge in [-0.1, -0.05) is 6.07 Å². The highest BCUT2D eigenvalue weighted by atomic mass is 16.5. The second-order valence-corrected chi connectivity index (χ2v) is 11.7. The van der Waals surface area contributed by atoms with Gasteiger partial charge < -0.3 is 30.5 Å². The van der Waals surface area contributed by atoms with Gasteiger partial charge in [-0.2, -0.15) is 0 Å². The number of piperidine rings is 1. The largest absolute Gasteiger partial charge is 0.507 e. The van der Waals surface area contributed by atoms with E-state index in [1.54, 1.807) is 25.3 Å². The lowest BCUT2D eigenvalue weighted by molar-refractivity contribution is -0.133. The van der Waals surface area contributed by atoms with Gasteiger partial charge in [0.25, 0.3) is 5.91 Å². The number of hydrogen-bond donors (Lipinski definition) is 4. The molecule has 5 rings (SSSR count). The number of rotatable bonds is 12. The van der Waals surface area contributed by atoms with Crippen LogP contribution in [0.2, 0.25) is 0 Å². The molecule has 0 radical (unpaired) electrons. The fourth-order valence-electron chi connectivity index (χ4n) is 5.55. The Kier molecular flexibility index (Phi) is 9.93. The average Bonchev–Trinajstić information content (AvgIpc) is 3.88. The van der Waals surface area contributed by atoms with Gasteiger partial charge in [0.15, 0.2) is 5.76 Å². The molecule has 11 nitrogen and oxygen atoms in total. The smallest absolute Gasteiger partial charge is 0.251 e. The first-order valence-electron chi connectivity index (χ1n) is 15.1. The van der Waals surface area contributed by atoms with Crippen LogP contribution in [0.1, 0.15) is 54.1 Å². The second-order valence-electron chi connectivity index (χ2n) is 11.7. The third kappa shape index (κ3) is 8.32. The van der Waals surface area contributed by atoms with Gasteiger partial charge in [-0.05, 0) is 81.1 Å². The number of benzene rings is 1. The third-order valence-electron chi connectivity index (χ3n) is 8.37. The summed E-state index contributed by atoms with van der Waals surface area (Å²) in [6, 6.07) is 9.48. The number of amides is 2. The Morgan fingerprint density at radius 1 is 1.14 bits per heavy atom. The van der Waals surface area contributed by atoms with Gasteiger partial charge in [-0.3, -0.25) is 19.5 Å². The molecule has 4 N–H and O–H groups in total. The SMILES string of the molecule is C=NC(C)=C(O)COc1ccc2c(c1)CCN(C[C@@H](O)CNC(=O)c1ccnc(NC3CCN(C(=O)C4CC4)CC3)c1)C2. The molecule has 1 aliphatic carbocycles. The van der Waals surface area contributed by atoms with Crippen molar-refractivity contribution in [2.45, 2.75) is 57.7 Å². The fourth-order valence-corrected chi connectivity index (χ4v) is 5.55. The van der Waals surface area contributed by atoms with Crippen molar-refractivity contribution in [3.8, 4) is 5.75 Å². The molecule has 0 spiro atoms. The van der Waals surface area contributed by atoms with E-state index in [0.29, 0.717) is 41.8 Å². The summed E-state index contributed by atoms with van der Waals surface area (Å²) >= 11 is 0. The molecule has 0 bridgehead atoms. The standard InChI is InChI=1S/C32H42N6O5/c1-21(33-2)29(40)20-43-28-6-5-25-18-37(12-8-23(25)15-28)19-27(39)17-35-31(41)24-7-11-34-30(16-24)36-26-9-13-38(14-10-26)32(42)22-3-4-22/h5-7,11,15-16,22,26-27,39-40H,2-4,8-10,12-14,17-20H2,1H3,(H,34,36)(H,35,41)/t27-/m0/s1. The van der Waals surface area contributed by atoms with E-state index in [9.17, 15) is 19.8 Å². The molecule has 3 aliphatic rings. The highest BCUT2D eigenvalue weighted by Gasteiger charge is 2.35. The molecule has 1 atom stereocenters. The van der Waals surface area contributed by atoms with Gasteiger partial charge in [-0.25, -0.2) is 4.98 Å². The van der Waals surface area contributed by atoms with Crippen molar-refractivity contribution in [3.63, 3.8) is 0 Å². The predicted molar refractivity (Wildman–Crippen MR) is 164 cm³/mol. The van der Waals surface area contributed by atoms with Crippen LogP contribution in [0.3, 0.4) is 0 Å². The monoisotopic (exact) mass is 590 g/mol. The predicted octanol–water partition coefficient (Wildman–Crippen LogP) is 2.91. The van der Waals surface area contributed by atoms with Crippen LogP contribution in [0.15, 0.2) is 53.0 Å². The minimum absolute atomic E-state index is 0.0356. The number of anilines is 1. The van der Waals surface area contributed by atoms with Crippen LogP contribution in [0.5, 0.6) is 5.75 Å². The molecule has 0 unspecified atom stereocenters. The quantitative estimate of drug-likeness (QED) is 0.219. The Bertz CT molecular complexity index is 1350. The molecule has 2 aromatic rings. The highest BCUT2D eigenvalue weighted by molar-refractivity contribution is 5.94. The van der Waals surface area contributed by atoms with Crippen LogP contribution in [-0.2, 0) is 17.8 Å². The number of aliphatic hydroxyl groups is 2. The average molecular weight is 591 g/mol. The summed E-state index contributed by atoms with van der Waals surface area (Å²) in [5.41, 5.74) is 3.26. The van der Waals surface area contributed by atoms with Crippen molar-refractivity contribution in [2.75, 3.05) is 44.6 Å². The Morgan fingerprint density at radius 2 is 1.93 bits per heavy atom. The van der Waals surface area contributed by atoms with Crippen molar-refractivity contribution in [2.24, 2.45) is 10.9 Å². The lowest BCUT2D eigenvalue weighted by atomic mass is 9.99. The number of nitrogens with one attached hydrogen (secondary N) is 2. The van der Waals surface area contributed by atoms with Crippen molar-refractivity contribution < 1.29 is 24.5 Å². The van der Waals surface area contributed by atoms with Crippen molar-refractivity contribution in [3.05, 3.63) is 64.7 Å². The minimum atomic E-state index is -0.715. The van der Waals surface area contributed by atoms with Crippen LogP contribution < -0.4 is 15.4 Å². The maximum absolute atomic E-state index is 12.8. The molecular formula is C32H42N6O5. The number of nitrogens with zero attached hydrogens (tertiary/aromatic N) is 4. The maximum Gasteiger partial charge on any atom is 0.251 e. The molecule has 3 heterocycles. The zero-order chi connectivity index (χ0) is 30.3. The molecule has 1 saturated heterocycles. The molecule has 43 heavy (non-hydrogen) atoms. The van der Waals surface area contributed by atoms with Crippen molar-refractivity contribution in [1.29, 1.82) is 0 Å². The Labute approximate surface area is 252 Å². The summed E-state index contributed by atoms with van der Waals surface area (Å²) in [6.45, 7) is 8.67. The number of ether oxygens (including phenoxy) is 1. The highest BCUT2D eigenvalue weighted by Crippen LogP contribution is 2.32. The fraction of sp³-hybridized carbons (Fsp3) is 0.500. The van der Waals surface area contributed by atoms with E-state index in [2.05, 4.69) is 32.2 Å². The molecule has 1 saturated carbocycles. The normalized spacial score (nSPS) is 18.7. The number of pyridine rings is 1. The van der Waals surface area contributed by atoms with E-state index < -0.39 is 6.10 Å². The number of aliphatic hydroxyl groups excluding tert-OH is 2. The molecular weight excluding hydrogens is 548 g/mol. The van der Waals surface area contributed by atoms with Gasteiger partial charge >= 0.3 is 0 Å². The molecule has 2 aliphatic heterocycles. The number of hydrogen-bond acceptors (Lipinski definition) is 9. The van der Waals surface area contributed by atoms with Crippen LogP contribution in [-0.4, -0.2) is 95.0 Å². The molecule has 1 aromatic carbocycles. The summed E-state index contributed by atoms with van der Waals surface area (Å²) in [5.74, 6) is 1.66. The zero-order valence-corrected chi connectivity index (χ0v) is 24.8. The number of aromatic nitrogens is 1. The summed E-state index contributed by atoms with van der Waals surface area (Å²) in [6.07, 6.45) is 5.47. The van der Waals surface area contributed by atoms with E-state index in [1.165, 1.54) is 5.56 Å².